The third-order valence-corrected chi connectivity index (χ3v) is 4.49. The lowest BCUT2D eigenvalue weighted by atomic mass is 9.61. The first-order valence-corrected chi connectivity index (χ1v) is 7.83. The van der Waals surface area contributed by atoms with Gasteiger partial charge >= 0.3 is 6.92 Å². The van der Waals surface area contributed by atoms with Crippen LogP contribution < -0.4 is 5.46 Å². The summed E-state index contributed by atoms with van der Waals surface area (Å²) in [4.78, 5) is 2.07. The van der Waals surface area contributed by atoms with Crippen LogP contribution in [0.2, 0.25) is 6.82 Å². The average molecular weight is 300 g/mol. The Kier molecular flexibility index (Phi) is 5.84. The van der Waals surface area contributed by atoms with E-state index < -0.39 is 0 Å². The van der Waals surface area contributed by atoms with E-state index in [4.69, 9.17) is 4.65 Å². The average Bonchev–Trinajstić information content (AvgIpc) is 2.36. The van der Waals surface area contributed by atoms with Gasteiger partial charge in [0.15, 0.2) is 0 Å². The zero-order valence-corrected chi connectivity index (χ0v) is 15.3. The molecule has 0 aromatic heterocycles. The van der Waals surface area contributed by atoms with Gasteiger partial charge in [-0.2, -0.15) is 5.26 Å². The van der Waals surface area contributed by atoms with Gasteiger partial charge < -0.3 is 9.55 Å². The number of benzene rings is 1. The Morgan fingerprint density at radius 2 is 1.77 bits per heavy atom. The molecule has 22 heavy (non-hydrogen) atoms. The summed E-state index contributed by atoms with van der Waals surface area (Å²) in [5, 5.41) is 9.39. The molecule has 0 atom stereocenters. The van der Waals surface area contributed by atoms with Crippen LogP contribution in [-0.2, 0) is 11.2 Å². The highest BCUT2D eigenvalue weighted by Crippen LogP contribution is 2.33. The number of nitriles is 1. The van der Waals surface area contributed by atoms with Gasteiger partial charge in [-0.1, -0.05) is 39.7 Å². The standard InChI is InChI=1S/C18H29BN2O/c1-17(2,3)18(4,5)22-19(6)16-10-9-14(13-21(7)8)15(11-16)12-20/h9-11H,13H2,1-8H3. The van der Waals surface area contributed by atoms with Gasteiger partial charge in [0.25, 0.3) is 0 Å². The Morgan fingerprint density at radius 3 is 2.23 bits per heavy atom. The SMILES string of the molecule is CB(OC(C)(C)C(C)(C)C)c1ccc(CN(C)C)c(C#N)c1. The molecule has 1 rings (SSSR count). The Morgan fingerprint density at radius 1 is 1.18 bits per heavy atom. The molecule has 0 N–H and O–H groups in total. The summed E-state index contributed by atoms with van der Waals surface area (Å²) in [5.41, 5.74) is 2.64. The zero-order valence-electron chi connectivity index (χ0n) is 15.3. The Balaban J connectivity index is 3.01. The predicted octanol–water partition coefficient (Wildman–Crippen LogP) is 3.29. The molecule has 0 unspecified atom stereocenters. The van der Waals surface area contributed by atoms with Crippen LogP contribution in [0.25, 0.3) is 0 Å². The van der Waals surface area contributed by atoms with E-state index in [1.807, 2.05) is 26.2 Å². The first kappa shape index (κ1) is 18.7. The van der Waals surface area contributed by atoms with Crippen molar-refractivity contribution in [1.82, 2.24) is 4.90 Å². The molecule has 0 saturated carbocycles. The molecule has 1 aromatic carbocycles. The highest BCUT2D eigenvalue weighted by Gasteiger charge is 2.36. The number of rotatable bonds is 5. The van der Waals surface area contributed by atoms with E-state index in [-0.39, 0.29) is 17.9 Å². The summed E-state index contributed by atoms with van der Waals surface area (Å²) < 4.78 is 6.29. The molecule has 0 bridgehead atoms. The Hall–Kier alpha value is -1.31. The molecular weight excluding hydrogens is 271 g/mol. The summed E-state index contributed by atoms with van der Waals surface area (Å²) in [7, 11) is 4.01. The van der Waals surface area contributed by atoms with Crippen LogP contribution in [0.1, 0.15) is 45.7 Å². The molecule has 0 radical (unpaired) electrons. The molecule has 0 amide bonds. The van der Waals surface area contributed by atoms with Crippen molar-refractivity contribution >= 4 is 12.4 Å². The fraction of sp³-hybridized carbons (Fsp3) is 0.611. The van der Waals surface area contributed by atoms with Crippen LogP contribution in [0.5, 0.6) is 0 Å². The fourth-order valence-electron chi connectivity index (χ4n) is 2.12. The topological polar surface area (TPSA) is 36.3 Å². The minimum atomic E-state index is -0.248. The molecule has 120 valence electrons. The van der Waals surface area contributed by atoms with Crippen molar-refractivity contribution in [2.75, 3.05) is 14.1 Å². The summed E-state index contributed by atoms with van der Waals surface area (Å²) in [5.74, 6) is 0. The summed E-state index contributed by atoms with van der Waals surface area (Å²) in [6, 6.07) is 8.38. The monoisotopic (exact) mass is 300 g/mol. The molecule has 3 nitrogen and oxygen atoms in total. The summed E-state index contributed by atoms with van der Waals surface area (Å²) in [6.45, 7) is 13.6. The molecule has 0 fully saturated rings. The second-order valence-corrected chi connectivity index (χ2v) is 7.79. The largest absolute Gasteiger partial charge is 0.426 e. The van der Waals surface area contributed by atoms with Gasteiger partial charge in [0.1, 0.15) is 0 Å². The molecule has 4 heteroatoms. The van der Waals surface area contributed by atoms with Gasteiger partial charge in [-0.15, -0.1) is 0 Å². The molecule has 0 saturated heterocycles. The van der Waals surface area contributed by atoms with E-state index in [1.54, 1.807) is 0 Å². The van der Waals surface area contributed by atoms with E-state index in [1.165, 1.54) is 0 Å². The second kappa shape index (κ2) is 6.85. The first-order chi connectivity index (χ1) is 9.98. The van der Waals surface area contributed by atoms with Crippen LogP contribution in [0.3, 0.4) is 0 Å². The van der Waals surface area contributed by atoms with Crippen LogP contribution in [0.4, 0.5) is 0 Å². The summed E-state index contributed by atoms with van der Waals surface area (Å²) in [6.07, 6.45) is 0. The number of nitrogens with zero attached hydrogens (tertiary/aromatic N) is 2. The van der Waals surface area contributed by atoms with Gasteiger partial charge in [-0.05, 0) is 50.5 Å². The predicted molar refractivity (Wildman–Crippen MR) is 94.4 cm³/mol. The van der Waals surface area contributed by atoms with E-state index in [9.17, 15) is 5.26 Å². The van der Waals surface area contributed by atoms with Gasteiger partial charge in [0, 0.05) is 6.54 Å². The Bertz CT molecular complexity index is 553. The van der Waals surface area contributed by atoms with E-state index in [0.717, 1.165) is 23.1 Å². The smallest absolute Gasteiger partial charge is 0.324 e. The van der Waals surface area contributed by atoms with Crippen LogP contribution >= 0.6 is 0 Å². The van der Waals surface area contributed by atoms with Crippen molar-refractivity contribution in [2.45, 2.75) is 53.6 Å². The van der Waals surface area contributed by atoms with E-state index in [0.29, 0.717) is 0 Å². The molecule has 0 aliphatic rings. The lowest BCUT2D eigenvalue weighted by Gasteiger charge is -2.40. The van der Waals surface area contributed by atoms with Crippen molar-refractivity contribution in [3.63, 3.8) is 0 Å². The molecule has 1 aromatic rings. The van der Waals surface area contributed by atoms with Crippen LogP contribution in [0.15, 0.2) is 18.2 Å². The highest BCUT2D eigenvalue weighted by atomic mass is 16.5. The quantitative estimate of drug-likeness (QED) is 0.783. The maximum atomic E-state index is 9.39. The van der Waals surface area contributed by atoms with Gasteiger partial charge in [0.05, 0.1) is 17.2 Å². The molecule has 0 aliphatic heterocycles. The van der Waals surface area contributed by atoms with Crippen LogP contribution in [0, 0.1) is 16.7 Å². The van der Waals surface area contributed by atoms with Gasteiger partial charge in [0.2, 0.25) is 0 Å². The maximum Gasteiger partial charge on any atom is 0.324 e. The van der Waals surface area contributed by atoms with Gasteiger partial charge in [-0.25, -0.2) is 0 Å². The minimum Gasteiger partial charge on any atom is -0.426 e. The van der Waals surface area contributed by atoms with Crippen molar-refractivity contribution in [1.29, 1.82) is 5.26 Å². The van der Waals surface area contributed by atoms with Crippen molar-refractivity contribution < 1.29 is 4.65 Å². The normalized spacial score (nSPS) is 12.4. The third kappa shape index (κ3) is 4.59. The Labute approximate surface area is 136 Å². The lowest BCUT2D eigenvalue weighted by Crippen LogP contribution is -2.47. The van der Waals surface area contributed by atoms with Crippen LogP contribution in [-0.4, -0.2) is 31.5 Å². The highest BCUT2D eigenvalue weighted by molar-refractivity contribution is 6.66. The molecule has 0 aliphatic carbocycles. The number of hydrogen-bond donors (Lipinski definition) is 0. The van der Waals surface area contributed by atoms with Crippen molar-refractivity contribution in [3.8, 4) is 6.07 Å². The van der Waals surface area contributed by atoms with Crippen molar-refractivity contribution in [2.24, 2.45) is 5.41 Å². The second-order valence-electron chi connectivity index (χ2n) is 7.79. The zero-order chi connectivity index (χ0) is 17.1. The number of hydrogen-bond acceptors (Lipinski definition) is 3. The maximum absolute atomic E-state index is 9.39. The molecule has 0 spiro atoms. The first-order valence-electron chi connectivity index (χ1n) is 7.83. The van der Waals surface area contributed by atoms with E-state index in [2.05, 4.69) is 58.5 Å². The lowest BCUT2D eigenvalue weighted by molar-refractivity contribution is 0.000449. The summed E-state index contributed by atoms with van der Waals surface area (Å²) >= 11 is 0. The fourth-order valence-corrected chi connectivity index (χ4v) is 2.12. The molecular formula is C18H29BN2O. The third-order valence-electron chi connectivity index (χ3n) is 4.49. The molecule has 0 heterocycles. The van der Waals surface area contributed by atoms with Gasteiger partial charge in [-0.3, -0.25) is 0 Å². The minimum absolute atomic E-state index is 0.0458. The van der Waals surface area contributed by atoms with Crippen molar-refractivity contribution in [3.05, 3.63) is 29.3 Å². The van der Waals surface area contributed by atoms with E-state index >= 15 is 0 Å².